The highest BCUT2D eigenvalue weighted by Gasteiger charge is 2.24. The van der Waals surface area contributed by atoms with Crippen molar-refractivity contribution in [2.45, 2.75) is 0 Å². The first kappa shape index (κ1) is 40.4. The second-order valence-corrected chi connectivity index (χ2v) is 19.0. The topological polar surface area (TPSA) is 18.1 Å². The summed E-state index contributed by atoms with van der Waals surface area (Å²) in [6.45, 7) is 0. The van der Waals surface area contributed by atoms with E-state index in [1.165, 1.54) is 115 Å². The second-order valence-electron chi connectivity index (χ2n) is 19.0. The van der Waals surface area contributed by atoms with Gasteiger partial charge in [-0.25, -0.2) is 0 Å². The van der Waals surface area contributed by atoms with E-state index in [-0.39, 0.29) is 0 Å². The van der Waals surface area contributed by atoms with Crippen LogP contribution in [0, 0.1) is 0 Å². The van der Waals surface area contributed by atoms with Gasteiger partial charge < -0.3 is 8.98 Å². The molecule has 0 fully saturated rings. The standard InChI is InChI=1S/C70H43NO/c1-4-19-44(20-5-1)47-35-38-63-60(41-47)61-42-48(45-21-6-2-7-22-45)36-39-64(61)71(63)69-56-31-16-14-29-54(56)67(55-30-15-17-32-57(55)69)49-37-40-65-62(43-49)58-33-18-34-59(70(58)72-65)68-52-27-12-10-25-50(52)66(46-23-8-3-9-24-46)51-26-11-13-28-53(51)68/h1-43H. The Balaban J connectivity index is 0.958. The molecule has 0 spiro atoms. The summed E-state index contributed by atoms with van der Waals surface area (Å²) in [5.41, 5.74) is 17.2. The van der Waals surface area contributed by atoms with E-state index in [0.717, 1.165) is 33.1 Å². The quantitative estimate of drug-likeness (QED) is 0.152. The molecule has 15 aromatic rings. The minimum absolute atomic E-state index is 0.871. The Morgan fingerprint density at radius 3 is 1.14 bits per heavy atom. The van der Waals surface area contributed by atoms with E-state index in [1.54, 1.807) is 0 Å². The number of nitrogens with zero attached hydrogens (tertiary/aromatic N) is 1. The fourth-order valence-corrected chi connectivity index (χ4v) is 12.0. The molecule has 0 aliphatic rings. The Labute approximate surface area is 415 Å². The molecule has 2 heteroatoms. The normalized spacial score (nSPS) is 11.9. The lowest BCUT2D eigenvalue weighted by Crippen LogP contribution is -1.99. The molecule has 2 aromatic heterocycles. The molecule has 13 aromatic carbocycles. The number of hydrogen-bond acceptors (Lipinski definition) is 1. The number of fused-ring (bicyclic) bond motifs is 10. The lowest BCUT2D eigenvalue weighted by Gasteiger charge is -2.19. The Kier molecular flexibility index (Phi) is 8.99. The highest BCUT2D eigenvalue weighted by Crippen LogP contribution is 2.49. The predicted octanol–water partition coefficient (Wildman–Crippen LogP) is 19.6. The molecule has 0 aliphatic heterocycles. The van der Waals surface area contributed by atoms with Crippen molar-refractivity contribution in [3.63, 3.8) is 0 Å². The van der Waals surface area contributed by atoms with Gasteiger partial charge in [0.25, 0.3) is 0 Å². The largest absolute Gasteiger partial charge is 0.455 e. The highest BCUT2D eigenvalue weighted by molar-refractivity contribution is 6.26. The summed E-state index contributed by atoms with van der Waals surface area (Å²) in [7, 11) is 0. The zero-order valence-electron chi connectivity index (χ0n) is 39.2. The molecule has 2 heterocycles. The molecule has 0 saturated heterocycles. The lowest BCUT2D eigenvalue weighted by molar-refractivity contribution is 0.670. The van der Waals surface area contributed by atoms with Gasteiger partial charge in [-0.3, -0.25) is 0 Å². The van der Waals surface area contributed by atoms with Crippen molar-refractivity contribution in [3.05, 3.63) is 261 Å². The van der Waals surface area contributed by atoms with Crippen LogP contribution in [0.4, 0.5) is 0 Å². The van der Waals surface area contributed by atoms with Gasteiger partial charge in [0.1, 0.15) is 11.2 Å². The Morgan fingerprint density at radius 1 is 0.236 bits per heavy atom. The van der Waals surface area contributed by atoms with Crippen LogP contribution in [0.25, 0.3) is 148 Å². The van der Waals surface area contributed by atoms with Crippen molar-refractivity contribution >= 4 is 86.8 Å². The molecule has 0 unspecified atom stereocenters. The van der Waals surface area contributed by atoms with Crippen LogP contribution >= 0.6 is 0 Å². The van der Waals surface area contributed by atoms with Crippen LogP contribution in [0.15, 0.2) is 265 Å². The summed E-state index contributed by atoms with van der Waals surface area (Å²) in [4.78, 5) is 0. The van der Waals surface area contributed by atoms with Crippen LogP contribution in [0.3, 0.4) is 0 Å². The molecular weight excluding hydrogens is 871 g/mol. The van der Waals surface area contributed by atoms with Gasteiger partial charge in [-0.2, -0.15) is 0 Å². The van der Waals surface area contributed by atoms with Gasteiger partial charge in [-0.15, -0.1) is 0 Å². The molecule has 0 aliphatic carbocycles. The smallest absolute Gasteiger partial charge is 0.143 e. The maximum atomic E-state index is 7.04. The van der Waals surface area contributed by atoms with Crippen LogP contribution in [0.5, 0.6) is 0 Å². The summed E-state index contributed by atoms with van der Waals surface area (Å²) in [6, 6.07) is 95.4. The molecular formula is C70H43NO. The Hall–Kier alpha value is -9.50. The molecule has 0 N–H and O–H groups in total. The molecule has 0 saturated carbocycles. The first-order valence-electron chi connectivity index (χ1n) is 24.8. The SMILES string of the molecule is c1ccc(-c2ccc3c(c2)c2cc(-c4ccccc4)ccc2n3-c2c3ccccc3c(-c3ccc4oc5c(-c6c7ccccc7c(-c7ccccc7)c7ccccc67)cccc5c4c3)c3ccccc23)cc1. The van der Waals surface area contributed by atoms with E-state index in [4.69, 9.17) is 4.42 Å². The second kappa shape index (κ2) is 16.0. The van der Waals surface area contributed by atoms with E-state index in [2.05, 4.69) is 265 Å². The number of benzene rings is 13. The summed E-state index contributed by atoms with van der Waals surface area (Å²) in [5, 5.41) is 14.3. The molecule has 334 valence electrons. The fourth-order valence-electron chi connectivity index (χ4n) is 12.0. The highest BCUT2D eigenvalue weighted by atomic mass is 16.3. The molecule has 2 nitrogen and oxygen atoms in total. The Bertz CT molecular complexity index is 4450. The molecule has 0 bridgehead atoms. The van der Waals surface area contributed by atoms with Gasteiger partial charge in [0.05, 0.1) is 16.7 Å². The molecule has 72 heavy (non-hydrogen) atoms. The van der Waals surface area contributed by atoms with E-state index >= 15 is 0 Å². The average molecular weight is 914 g/mol. The lowest BCUT2D eigenvalue weighted by atomic mass is 9.85. The molecule has 15 rings (SSSR count). The number of para-hydroxylation sites is 1. The van der Waals surface area contributed by atoms with Crippen molar-refractivity contribution in [3.8, 4) is 61.3 Å². The maximum absolute atomic E-state index is 7.04. The minimum Gasteiger partial charge on any atom is -0.455 e. The van der Waals surface area contributed by atoms with Crippen molar-refractivity contribution in [1.29, 1.82) is 0 Å². The van der Waals surface area contributed by atoms with Gasteiger partial charge in [0, 0.05) is 43.4 Å². The first-order valence-corrected chi connectivity index (χ1v) is 24.8. The molecule has 0 atom stereocenters. The third-order valence-corrected chi connectivity index (χ3v) is 15.2. The third-order valence-electron chi connectivity index (χ3n) is 15.2. The van der Waals surface area contributed by atoms with Crippen LogP contribution < -0.4 is 0 Å². The number of aromatic nitrogens is 1. The maximum Gasteiger partial charge on any atom is 0.143 e. The minimum atomic E-state index is 0.871. The zero-order valence-corrected chi connectivity index (χ0v) is 39.2. The monoisotopic (exact) mass is 913 g/mol. The van der Waals surface area contributed by atoms with Crippen molar-refractivity contribution < 1.29 is 4.42 Å². The Morgan fingerprint density at radius 2 is 0.625 bits per heavy atom. The number of hydrogen-bond donors (Lipinski definition) is 0. The van der Waals surface area contributed by atoms with Crippen molar-refractivity contribution in [1.82, 2.24) is 4.57 Å². The zero-order chi connectivity index (χ0) is 47.3. The molecule has 0 amide bonds. The van der Waals surface area contributed by atoms with Crippen molar-refractivity contribution in [2.75, 3.05) is 0 Å². The summed E-state index contributed by atoms with van der Waals surface area (Å²) >= 11 is 0. The van der Waals surface area contributed by atoms with Crippen molar-refractivity contribution in [2.24, 2.45) is 0 Å². The van der Waals surface area contributed by atoms with Gasteiger partial charge in [0.2, 0.25) is 0 Å². The van der Waals surface area contributed by atoms with Gasteiger partial charge >= 0.3 is 0 Å². The van der Waals surface area contributed by atoms with E-state index in [9.17, 15) is 0 Å². The van der Waals surface area contributed by atoms with E-state index in [0.29, 0.717) is 0 Å². The van der Waals surface area contributed by atoms with Gasteiger partial charge in [-0.1, -0.05) is 224 Å². The number of rotatable bonds is 6. The predicted molar refractivity (Wildman–Crippen MR) is 305 cm³/mol. The van der Waals surface area contributed by atoms with Crippen LogP contribution in [-0.4, -0.2) is 4.57 Å². The van der Waals surface area contributed by atoms with Crippen LogP contribution in [0.2, 0.25) is 0 Å². The summed E-state index contributed by atoms with van der Waals surface area (Å²) < 4.78 is 9.56. The van der Waals surface area contributed by atoms with Gasteiger partial charge in [0.15, 0.2) is 0 Å². The van der Waals surface area contributed by atoms with E-state index in [1.807, 2.05) is 0 Å². The van der Waals surface area contributed by atoms with Crippen LogP contribution in [-0.2, 0) is 0 Å². The summed E-state index contributed by atoms with van der Waals surface area (Å²) in [6.07, 6.45) is 0. The van der Waals surface area contributed by atoms with Gasteiger partial charge in [-0.05, 0) is 113 Å². The average Bonchev–Trinajstić information content (AvgIpc) is 3.99. The third kappa shape index (κ3) is 6.09. The first-order chi connectivity index (χ1) is 35.7. The number of furan rings is 1. The summed E-state index contributed by atoms with van der Waals surface area (Å²) in [5.74, 6) is 0. The van der Waals surface area contributed by atoms with Crippen LogP contribution in [0.1, 0.15) is 0 Å². The molecule has 0 radical (unpaired) electrons. The fraction of sp³-hybridized carbons (Fsp3) is 0. The van der Waals surface area contributed by atoms with E-state index < -0.39 is 0 Å².